The summed E-state index contributed by atoms with van der Waals surface area (Å²) in [5.41, 5.74) is 10.2. The van der Waals surface area contributed by atoms with Gasteiger partial charge >= 0.3 is 6.03 Å². The van der Waals surface area contributed by atoms with E-state index in [-0.39, 0.29) is 6.04 Å². The van der Waals surface area contributed by atoms with Crippen molar-refractivity contribution in [2.45, 2.75) is 33.7 Å². The number of aryl methyl sites for hydroxylation is 1. The van der Waals surface area contributed by atoms with Gasteiger partial charge in [-0.15, -0.1) is 0 Å². The van der Waals surface area contributed by atoms with Crippen LogP contribution in [0.1, 0.15) is 36.8 Å². The molecule has 3 N–H and O–H groups in total. The fourth-order valence-electron chi connectivity index (χ4n) is 2.32. The maximum atomic E-state index is 10.6. The van der Waals surface area contributed by atoms with Crippen molar-refractivity contribution in [1.82, 2.24) is 19.8 Å². The largest absolute Gasteiger partial charge is 0.350 e. The average Bonchev–Trinajstić information content (AvgIpc) is 2.95. The summed E-state index contributed by atoms with van der Waals surface area (Å²) < 4.78 is 4.07. The Morgan fingerprint density at radius 2 is 2.19 bits per heavy atom. The van der Waals surface area contributed by atoms with Crippen molar-refractivity contribution in [3.8, 4) is 5.82 Å². The summed E-state index contributed by atoms with van der Waals surface area (Å²) in [6.45, 7) is 8.19. The molecule has 0 aliphatic carbocycles. The molecule has 21 heavy (non-hydrogen) atoms. The highest BCUT2D eigenvalue weighted by atomic mass is 16.2. The minimum absolute atomic E-state index is 0.268. The summed E-state index contributed by atoms with van der Waals surface area (Å²) in [6.07, 6.45) is 3.37. The van der Waals surface area contributed by atoms with E-state index in [1.54, 1.807) is 12.4 Å². The summed E-state index contributed by atoms with van der Waals surface area (Å²) in [4.78, 5) is 10.6. The maximum Gasteiger partial charge on any atom is 0.332 e. The third-order valence-electron chi connectivity index (χ3n) is 3.22. The number of carbonyl (C=O) groups excluding carboxylic acids is 1. The normalized spacial score (nSPS) is 11.5. The van der Waals surface area contributed by atoms with Gasteiger partial charge in [-0.3, -0.25) is 0 Å². The molecule has 2 heterocycles. The van der Waals surface area contributed by atoms with Gasteiger partial charge in [0.25, 0.3) is 0 Å². The van der Waals surface area contributed by atoms with Crippen molar-refractivity contribution in [3.05, 3.63) is 35.3 Å². The monoisotopic (exact) mass is 288 g/mol. The SMILES string of the molecule is Cc1cc(/C=N\NC(N)=O)c(C)n1-c1ccnn1C(C)C. The minimum Gasteiger partial charge on any atom is -0.350 e. The van der Waals surface area contributed by atoms with Gasteiger partial charge in [0.05, 0.1) is 12.4 Å². The lowest BCUT2D eigenvalue weighted by Crippen LogP contribution is -2.24. The highest BCUT2D eigenvalue weighted by molar-refractivity contribution is 5.83. The van der Waals surface area contributed by atoms with Crippen LogP contribution in [0.15, 0.2) is 23.4 Å². The lowest BCUT2D eigenvalue weighted by Gasteiger charge is -2.14. The van der Waals surface area contributed by atoms with E-state index >= 15 is 0 Å². The Hall–Kier alpha value is -2.57. The molecule has 0 aliphatic heterocycles. The summed E-state index contributed by atoms with van der Waals surface area (Å²) in [5, 5.41) is 8.17. The van der Waals surface area contributed by atoms with Gasteiger partial charge in [-0.05, 0) is 33.8 Å². The van der Waals surface area contributed by atoms with Crippen molar-refractivity contribution in [3.63, 3.8) is 0 Å². The Bertz CT molecular complexity index is 680. The first-order valence-electron chi connectivity index (χ1n) is 6.73. The second-order valence-corrected chi connectivity index (χ2v) is 5.12. The zero-order valence-electron chi connectivity index (χ0n) is 12.7. The molecule has 0 unspecified atom stereocenters. The van der Waals surface area contributed by atoms with Gasteiger partial charge in [0.1, 0.15) is 5.82 Å². The fourth-order valence-corrected chi connectivity index (χ4v) is 2.32. The zero-order chi connectivity index (χ0) is 15.6. The smallest absolute Gasteiger partial charge is 0.332 e. The van der Waals surface area contributed by atoms with Gasteiger partial charge in [-0.1, -0.05) is 0 Å². The number of primary amides is 1. The van der Waals surface area contributed by atoms with E-state index in [1.165, 1.54) is 0 Å². The Labute approximate surface area is 123 Å². The topological polar surface area (TPSA) is 90.2 Å². The molecule has 0 aromatic carbocycles. The molecule has 0 radical (unpaired) electrons. The lowest BCUT2D eigenvalue weighted by molar-refractivity contribution is 0.249. The molecule has 7 nitrogen and oxygen atoms in total. The van der Waals surface area contributed by atoms with E-state index in [0.29, 0.717) is 0 Å². The highest BCUT2D eigenvalue weighted by Crippen LogP contribution is 2.21. The van der Waals surface area contributed by atoms with Crippen molar-refractivity contribution in [1.29, 1.82) is 0 Å². The molecule has 2 aromatic heterocycles. The van der Waals surface area contributed by atoms with Gasteiger partial charge in [0.15, 0.2) is 0 Å². The van der Waals surface area contributed by atoms with Crippen molar-refractivity contribution in [2.75, 3.05) is 0 Å². The number of aromatic nitrogens is 3. The molecule has 2 rings (SSSR count). The predicted molar refractivity (Wildman–Crippen MR) is 81.7 cm³/mol. The molecule has 0 bridgehead atoms. The summed E-state index contributed by atoms with van der Waals surface area (Å²) in [5.74, 6) is 1.00. The molecule has 7 heteroatoms. The van der Waals surface area contributed by atoms with Gasteiger partial charge in [0, 0.05) is 29.1 Å². The number of rotatable bonds is 4. The number of hydrazone groups is 1. The molecule has 0 fully saturated rings. The van der Waals surface area contributed by atoms with E-state index in [0.717, 1.165) is 22.8 Å². The lowest BCUT2D eigenvalue weighted by atomic mass is 10.3. The number of nitrogens with zero attached hydrogens (tertiary/aromatic N) is 4. The van der Waals surface area contributed by atoms with Crippen LogP contribution in [0.2, 0.25) is 0 Å². The molecule has 0 saturated heterocycles. The second-order valence-electron chi connectivity index (χ2n) is 5.12. The van der Waals surface area contributed by atoms with Crippen LogP contribution in [-0.2, 0) is 0 Å². The van der Waals surface area contributed by atoms with E-state index in [4.69, 9.17) is 5.73 Å². The second kappa shape index (κ2) is 5.82. The molecule has 2 amide bonds. The van der Waals surface area contributed by atoms with Crippen LogP contribution in [0.25, 0.3) is 5.82 Å². The average molecular weight is 288 g/mol. The predicted octanol–water partition coefficient (Wildman–Crippen LogP) is 1.87. The number of hydrogen-bond donors (Lipinski definition) is 2. The number of amides is 2. The molecular formula is C14H20N6O. The summed E-state index contributed by atoms with van der Waals surface area (Å²) in [7, 11) is 0. The van der Waals surface area contributed by atoms with Crippen LogP contribution < -0.4 is 11.2 Å². The fraction of sp³-hybridized carbons (Fsp3) is 0.357. The Morgan fingerprint density at radius 3 is 2.81 bits per heavy atom. The standard InChI is InChI=1S/C14H20N6O/c1-9(2)20-13(5-6-17-20)19-10(3)7-12(11(19)4)8-16-18-14(15)21/h5-9H,1-4H3,(H3,15,18,21)/b16-8-. The first-order valence-corrected chi connectivity index (χ1v) is 6.73. The van der Waals surface area contributed by atoms with E-state index in [9.17, 15) is 4.79 Å². The number of hydrogen-bond acceptors (Lipinski definition) is 3. The number of urea groups is 1. The van der Waals surface area contributed by atoms with Gasteiger partial charge in [-0.25, -0.2) is 14.9 Å². The summed E-state index contributed by atoms with van der Waals surface area (Å²) >= 11 is 0. The van der Waals surface area contributed by atoms with Crippen LogP contribution in [0.3, 0.4) is 0 Å². The number of carbonyl (C=O) groups is 1. The molecule has 0 saturated carbocycles. The van der Waals surface area contributed by atoms with Crippen molar-refractivity contribution >= 4 is 12.2 Å². The molecular weight excluding hydrogens is 268 g/mol. The third kappa shape index (κ3) is 2.96. The number of nitrogens with two attached hydrogens (primary N) is 1. The minimum atomic E-state index is -0.682. The van der Waals surface area contributed by atoms with Crippen LogP contribution in [0.4, 0.5) is 4.79 Å². The Morgan fingerprint density at radius 1 is 1.48 bits per heavy atom. The summed E-state index contributed by atoms with van der Waals surface area (Å²) in [6, 6.07) is 3.56. The zero-order valence-corrected chi connectivity index (χ0v) is 12.7. The maximum absolute atomic E-state index is 10.6. The van der Waals surface area contributed by atoms with Crippen molar-refractivity contribution in [2.24, 2.45) is 10.8 Å². The molecule has 112 valence electrons. The van der Waals surface area contributed by atoms with E-state index in [1.807, 2.05) is 30.7 Å². The van der Waals surface area contributed by atoms with E-state index in [2.05, 4.69) is 34.0 Å². The molecule has 2 aromatic rings. The van der Waals surface area contributed by atoms with Gasteiger partial charge in [0.2, 0.25) is 0 Å². The van der Waals surface area contributed by atoms with Crippen LogP contribution in [-0.4, -0.2) is 26.6 Å². The third-order valence-corrected chi connectivity index (χ3v) is 3.22. The number of nitrogens with one attached hydrogen (secondary N) is 1. The molecule has 0 aliphatic rings. The van der Waals surface area contributed by atoms with Gasteiger partial charge < -0.3 is 10.3 Å². The Balaban J connectivity index is 2.42. The quantitative estimate of drug-likeness (QED) is 0.664. The van der Waals surface area contributed by atoms with E-state index < -0.39 is 6.03 Å². The molecule has 0 atom stereocenters. The first kappa shape index (κ1) is 14.8. The van der Waals surface area contributed by atoms with Gasteiger partial charge in [-0.2, -0.15) is 10.2 Å². The Kier molecular flexibility index (Phi) is 4.11. The van der Waals surface area contributed by atoms with Crippen LogP contribution >= 0.6 is 0 Å². The van der Waals surface area contributed by atoms with Crippen LogP contribution in [0.5, 0.6) is 0 Å². The first-order chi connectivity index (χ1) is 9.91. The molecule has 0 spiro atoms. The van der Waals surface area contributed by atoms with Crippen molar-refractivity contribution < 1.29 is 4.79 Å². The highest BCUT2D eigenvalue weighted by Gasteiger charge is 2.14. The van der Waals surface area contributed by atoms with Crippen LogP contribution in [0, 0.1) is 13.8 Å².